The summed E-state index contributed by atoms with van der Waals surface area (Å²) < 4.78 is 52.3. The Labute approximate surface area is 260 Å². The predicted octanol–water partition coefficient (Wildman–Crippen LogP) is 4.09. The van der Waals surface area contributed by atoms with E-state index in [1.165, 1.54) is 23.8 Å². The molecule has 13 nitrogen and oxygen atoms in total. The molecule has 0 bridgehead atoms. The molecule has 6 atom stereocenters. The number of carbonyl (C=O) groups is 1. The maximum absolute atomic E-state index is 14.3. The van der Waals surface area contributed by atoms with Gasteiger partial charge in [-0.05, 0) is 50.5 Å². The highest BCUT2D eigenvalue weighted by atomic mass is 31.2. The predicted molar refractivity (Wildman–Crippen MR) is 162 cm³/mol. The number of hydrogen-bond acceptors (Lipinski definition) is 11. The number of carbonyl (C=O) groups excluding carboxylic acids is 1. The number of nitrogens with zero attached hydrogens (tertiary/aromatic N) is 2. The first-order valence-electron chi connectivity index (χ1n) is 14.9. The van der Waals surface area contributed by atoms with Gasteiger partial charge in [-0.1, -0.05) is 48.5 Å². The third kappa shape index (κ3) is 6.84. The number of para-hydroxylation sites is 1. The molecule has 2 aliphatic heterocycles. The van der Waals surface area contributed by atoms with Gasteiger partial charge in [-0.2, -0.15) is 10.1 Å². The number of benzene rings is 2. The molecular formula is C31H37N4O9P. The first-order chi connectivity index (χ1) is 21.6. The number of nitrogen functional groups attached to an aromatic ring is 1. The fourth-order valence-electron chi connectivity index (χ4n) is 5.89. The Morgan fingerprint density at radius 2 is 1.78 bits per heavy atom. The van der Waals surface area contributed by atoms with E-state index in [0.29, 0.717) is 12.8 Å². The van der Waals surface area contributed by atoms with E-state index >= 15 is 0 Å². The molecule has 1 aliphatic carbocycles. The maximum Gasteiger partial charge on any atom is 0.459 e. The van der Waals surface area contributed by atoms with E-state index in [9.17, 15) is 14.2 Å². The number of fused-ring (bicyclic) bond motifs is 1. The van der Waals surface area contributed by atoms with Gasteiger partial charge < -0.3 is 29.2 Å². The Morgan fingerprint density at radius 3 is 2.47 bits per heavy atom. The first-order valence-corrected chi connectivity index (χ1v) is 16.5. The topological polar surface area (TPSA) is 162 Å². The summed E-state index contributed by atoms with van der Waals surface area (Å²) in [6.07, 6.45) is 2.45. The number of esters is 1. The van der Waals surface area contributed by atoms with Crippen LogP contribution in [-0.2, 0) is 39.4 Å². The molecule has 1 saturated carbocycles. The van der Waals surface area contributed by atoms with Crippen LogP contribution in [0.3, 0.4) is 0 Å². The van der Waals surface area contributed by atoms with Crippen LogP contribution in [0.15, 0.2) is 77.7 Å². The molecular weight excluding hydrogens is 603 g/mol. The van der Waals surface area contributed by atoms with Crippen molar-refractivity contribution in [3.8, 4) is 5.75 Å². The molecule has 14 heteroatoms. The second kappa shape index (κ2) is 12.7. The first kappa shape index (κ1) is 31.4. The third-order valence-corrected chi connectivity index (χ3v) is 9.80. The van der Waals surface area contributed by atoms with E-state index < -0.39 is 55.3 Å². The van der Waals surface area contributed by atoms with Crippen molar-refractivity contribution < 1.29 is 37.4 Å². The van der Waals surface area contributed by atoms with Gasteiger partial charge in [-0.3, -0.25) is 13.9 Å². The van der Waals surface area contributed by atoms with Crippen LogP contribution >= 0.6 is 7.75 Å². The number of hydrogen-bond donors (Lipinski definition) is 2. The Kier molecular flexibility index (Phi) is 8.84. The van der Waals surface area contributed by atoms with E-state index in [1.54, 1.807) is 37.3 Å². The van der Waals surface area contributed by atoms with Gasteiger partial charge in [0.25, 0.3) is 0 Å². The Morgan fingerprint density at radius 1 is 1.09 bits per heavy atom. The van der Waals surface area contributed by atoms with Gasteiger partial charge in [0.15, 0.2) is 12.0 Å². The summed E-state index contributed by atoms with van der Waals surface area (Å²) in [5.74, 6) is -1.12. The zero-order valence-corrected chi connectivity index (χ0v) is 26.0. The summed E-state index contributed by atoms with van der Waals surface area (Å²) in [4.78, 5) is 29.6. The smallest absolute Gasteiger partial charge is 0.459 e. The van der Waals surface area contributed by atoms with E-state index in [2.05, 4.69) is 10.1 Å². The molecule has 6 rings (SSSR count). The molecule has 1 spiro atoms. The van der Waals surface area contributed by atoms with Crippen LogP contribution in [0.1, 0.15) is 51.3 Å². The molecule has 45 heavy (non-hydrogen) atoms. The highest BCUT2D eigenvalue weighted by Crippen LogP contribution is 2.54. The van der Waals surface area contributed by atoms with Gasteiger partial charge in [0.2, 0.25) is 0 Å². The van der Waals surface area contributed by atoms with Crippen molar-refractivity contribution in [2.75, 3.05) is 12.3 Å². The van der Waals surface area contributed by atoms with Gasteiger partial charge in [0.1, 0.15) is 42.0 Å². The zero-order chi connectivity index (χ0) is 31.7. The van der Waals surface area contributed by atoms with Gasteiger partial charge in [-0.25, -0.2) is 9.36 Å². The van der Waals surface area contributed by atoms with E-state index in [4.69, 9.17) is 33.7 Å². The Hall–Kier alpha value is -3.58. The van der Waals surface area contributed by atoms with E-state index in [0.717, 1.165) is 18.4 Å². The molecule has 0 amide bonds. The summed E-state index contributed by atoms with van der Waals surface area (Å²) in [7, 11) is -4.24. The number of anilines is 1. The molecule has 3 fully saturated rings. The molecule has 2 aromatic carbocycles. The SMILES string of the molecule is C[C@H](NP(=O)(OC[C@@]1(C)O[C@@H](n2ccc(N)nc2=O)[C@@H]2OC3(CCCC3)O[C@@H]21)Oc1ccccc1)C(=O)OCc1ccccc1. The van der Waals surface area contributed by atoms with Crippen molar-refractivity contribution in [2.24, 2.45) is 0 Å². The van der Waals surface area contributed by atoms with Gasteiger partial charge >= 0.3 is 19.4 Å². The lowest BCUT2D eigenvalue weighted by Gasteiger charge is -2.33. The van der Waals surface area contributed by atoms with Gasteiger partial charge in [0.05, 0.1) is 6.61 Å². The quantitative estimate of drug-likeness (QED) is 0.228. The van der Waals surface area contributed by atoms with Gasteiger partial charge in [-0.15, -0.1) is 0 Å². The lowest BCUT2D eigenvalue weighted by Crippen LogP contribution is -2.45. The van der Waals surface area contributed by atoms with Crippen LogP contribution in [0.25, 0.3) is 0 Å². The molecule has 0 radical (unpaired) electrons. The van der Waals surface area contributed by atoms with Crippen molar-refractivity contribution in [1.29, 1.82) is 0 Å². The summed E-state index contributed by atoms with van der Waals surface area (Å²) in [5, 5.41) is 2.72. The number of nitrogens with two attached hydrogens (primary N) is 1. The molecule has 3 aromatic rings. The zero-order valence-electron chi connectivity index (χ0n) is 25.1. The fourth-order valence-corrected chi connectivity index (χ4v) is 7.48. The molecule has 3 N–H and O–H groups in total. The lowest BCUT2D eigenvalue weighted by molar-refractivity contribution is -0.234. The number of rotatable bonds is 11. The minimum absolute atomic E-state index is 0.0468. The van der Waals surface area contributed by atoms with Gasteiger partial charge in [0, 0.05) is 19.0 Å². The van der Waals surface area contributed by atoms with Crippen molar-refractivity contribution in [3.63, 3.8) is 0 Å². The van der Waals surface area contributed by atoms with Crippen molar-refractivity contribution >= 4 is 19.5 Å². The molecule has 3 heterocycles. The molecule has 2 saturated heterocycles. The largest absolute Gasteiger partial charge is 0.460 e. The fraction of sp³-hybridized carbons (Fsp3) is 0.452. The van der Waals surface area contributed by atoms with Crippen LogP contribution in [0.5, 0.6) is 5.75 Å². The standard InChI is InChI=1S/C31H37N4O9P/c1-21(28(36)39-19-22-11-5-3-6-12-22)34-45(38,44-23-13-7-4-8-14-23)40-20-30(2)26-25(41-31(42-26)16-9-10-17-31)27(43-30)35-18-15-24(32)33-29(35)37/h3-8,11-15,18,21,25-27H,9-10,16-17,19-20H2,1-2H3,(H,34,38)(H2,32,33,37)/t21-,25+,26-,27+,30+,45?/m0/s1. The highest BCUT2D eigenvalue weighted by molar-refractivity contribution is 7.52. The maximum atomic E-state index is 14.3. The van der Waals surface area contributed by atoms with Crippen LogP contribution in [0.2, 0.25) is 0 Å². The monoisotopic (exact) mass is 640 g/mol. The summed E-state index contributed by atoms with van der Waals surface area (Å²) >= 11 is 0. The second-order valence-corrected chi connectivity index (χ2v) is 13.4. The van der Waals surface area contributed by atoms with Crippen molar-refractivity contribution in [1.82, 2.24) is 14.6 Å². The average molecular weight is 641 g/mol. The number of aromatic nitrogens is 2. The second-order valence-electron chi connectivity index (χ2n) is 11.7. The summed E-state index contributed by atoms with van der Waals surface area (Å²) in [5.41, 5.74) is 4.67. The number of ether oxygens (including phenoxy) is 4. The van der Waals surface area contributed by atoms with Crippen molar-refractivity contribution in [2.45, 2.75) is 82.0 Å². The lowest BCUT2D eigenvalue weighted by atomic mass is 9.98. The molecule has 3 aliphatic rings. The number of nitrogens with one attached hydrogen (secondary N) is 1. The summed E-state index contributed by atoms with van der Waals surface area (Å²) in [6, 6.07) is 18.1. The average Bonchev–Trinajstić information content (AvgIpc) is 3.72. The van der Waals surface area contributed by atoms with Crippen LogP contribution in [0.4, 0.5) is 5.82 Å². The van der Waals surface area contributed by atoms with Crippen LogP contribution < -0.4 is 21.0 Å². The van der Waals surface area contributed by atoms with Crippen molar-refractivity contribution in [3.05, 3.63) is 89.0 Å². The highest BCUT2D eigenvalue weighted by Gasteiger charge is 2.64. The van der Waals surface area contributed by atoms with E-state index in [1.807, 2.05) is 30.3 Å². The normalized spacial score (nSPS) is 27.1. The minimum atomic E-state index is -4.24. The summed E-state index contributed by atoms with van der Waals surface area (Å²) in [6.45, 7) is 2.99. The molecule has 1 unspecified atom stereocenters. The van der Waals surface area contributed by atoms with Crippen LogP contribution in [-0.4, -0.2) is 51.8 Å². The molecule has 1 aromatic heterocycles. The third-order valence-electron chi connectivity index (χ3n) is 8.17. The van der Waals surface area contributed by atoms with Crippen LogP contribution in [0, 0.1) is 0 Å². The Bertz CT molecular complexity index is 1600. The molecule has 240 valence electrons. The minimum Gasteiger partial charge on any atom is -0.460 e. The Balaban J connectivity index is 1.22. The van der Waals surface area contributed by atoms with E-state index in [-0.39, 0.29) is 24.8 Å².